The predicted molar refractivity (Wildman–Crippen MR) is 177 cm³/mol. The van der Waals surface area contributed by atoms with Gasteiger partial charge in [0.15, 0.2) is 42.4 Å². The number of methoxy groups -OCH3 is 5. The molecular formula is C35H39FN2O13. The van der Waals surface area contributed by atoms with Gasteiger partial charge < -0.3 is 53.2 Å². The number of rotatable bonds is 15. The highest BCUT2D eigenvalue weighted by molar-refractivity contribution is 6.11. The topological polar surface area (TPSA) is 178 Å². The van der Waals surface area contributed by atoms with Crippen LogP contribution in [0, 0.1) is 5.82 Å². The van der Waals surface area contributed by atoms with Crippen LogP contribution in [0.15, 0.2) is 48.5 Å². The summed E-state index contributed by atoms with van der Waals surface area (Å²) in [6, 6.07) is 9.92. The summed E-state index contributed by atoms with van der Waals surface area (Å²) in [4.78, 5) is 53.4. The highest BCUT2D eigenvalue weighted by Gasteiger charge is 2.34. The number of esters is 1. The fraction of sp³-hybridized carbons (Fsp3) is 0.371. The summed E-state index contributed by atoms with van der Waals surface area (Å²) in [6.07, 6.45) is -1.57. The number of carbonyl (C=O) groups excluding carboxylic acids is 3. The molecule has 1 fully saturated rings. The van der Waals surface area contributed by atoms with Crippen LogP contribution in [0.1, 0.15) is 49.5 Å². The Bertz CT molecular complexity index is 1690. The van der Waals surface area contributed by atoms with E-state index in [4.69, 9.17) is 37.9 Å². The molecule has 0 aromatic heterocycles. The molecule has 0 aliphatic carbocycles. The lowest BCUT2D eigenvalue weighted by Gasteiger charge is -2.28. The monoisotopic (exact) mass is 714 g/mol. The van der Waals surface area contributed by atoms with Gasteiger partial charge in [0.1, 0.15) is 17.4 Å². The minimum atomic E-state index is -1.20. The Balaban J connectivity index is 1.56. The maximum atomic E-state index is 15.2. The van der Waals surface area contributed by atoms with Crippen LogP contribution < -0.4 is 29.0 Å². The van der Waals surface area contributed by atoms with Crippen molar-refractivity contribution in [2.75, 3.05) is 62.2 Å². The maximum absolute atomic E-state index is 15.2. The number of benzene rings is 3. The van der Waals surface area contributed by atoms with E-state index in [1.807, 2.05) is 0 Å². The SMILES string of the molecule is COCOc1ccc(OC)c(F)c1C(=O)c1ccc(C(=O)O[C@@H]2CCCN(C(=O)O)C[C@H]2NC(=O)c2cc(OC)c(OCOC)c(OC)c2)cc1. The summed E-state index contributed by atoms with van der Waals surface area (Å²) in [7, 11) is 6.85. The highest BCUT2D eigenvalue weighted by atomic mass is 19.1. The quantitative estimate of drug-likeness (QED) is 0.131. The van der Waals surface area contributed by atoms with Gasteiger partial charge in [-0.15, -0.1) is 0 Å². The summed E-state index contributed by atoms with van der Waals surface area (Å²) in [5, 5.41) is 12.6. The van der Waals surface area contributed by atoms with Crippen LogP contribution in [0.2, 0.25) is 0 Å². The molecule has 0 bridgehead atoms. The number of carboxylic acid groups (broad SMARTS) is 1. The summed E-state index contributed by atoms with van der Waals surface area (Å²) in [6.45, 7) is -0.364. The largest absolute Gasteiger partial charge is 0.494 e. The van der Waals surface area contributed by atoms with E-state index in [-0.39, 0.29) is 84.1 Å². The molecule has 1 saturated heterocycles. The molecule has 0 spiro atoms. The number of halogens is 1. The second-order valence-corrected chi connectivity index (χ2v) is 11.1. The molecule has 1 aliphatic rings. The van der Waals surface area contributed by atoms with Crippen molar-refractivity contribution in [3.8, 4) is 28.7 Å². The van der Waals surface area contributed by atoms with Gasteiger partial charge in [0.05, 0.1) is 32.9 Å². The van der Waals surface area contributed by atoms with E-state index in [9.17, 15) is 24.3 Å². The average Bonchev–Trinajstić information content (AvgIpc) is 3.34. The standard InChI is InChI=1S/C35H39FN2O13/c1-44-18-49-25-12-13-26(46-3)30(36)29(25)31(39)20-8-10-21(11-9-20)34(41)51-24-7-6-14-38(35(42)43)17-23(24)37-33(40)22-15-27(47-4)32(50-19-45-2)28(16-22)48-5/h8-13,15-16,23-24H,6-7,14,17-19H2,1-5H3,(H,37,40)(H,42,43)/t23-,24-/m1/s1. The molecule has 3 aromatic carbocycles. The fourth-order valence-electron chi connectivity index (χ4n) is 5.37. The van der Waals surface area contributed by atoms with E-state index in [0.29, 0.717) is 6.42 Å². The van der Waals surface area contributed by atoms with Crippen LogP contribution in [-0.4, -0.2) is 108 Å². The second-order valence-electron chi connectivity index (χ2n) is 11.1. The van der Waals surface area contributed by atoms with Gasteiger partial charge in [0.25, 0.3) is 5.91 Å². The molecule has 15 nitrogen and oxygen atoms in total. The molecule has 1 aliphatic heterocycles. The maximum Gasteiger partial charge on any atom is 0.407 e. The van der Waals surface area contributed by atoms with Gasteiger partial charge in [-0.1, -0.05) is 12.1 Å². The fourth-order valence-corrected chi connectivity index (χ4v) is 5.37. The number of hydrogen-bond donors (Lipinski definition) is 2. The highest BCUT2D eigenvalue weighted by Crippen LogP contribution is 2.39. The van der Waals surface area contributed by atoms with Crippen molar-refractivity contribution in [3.05, 3.63) is 76.6 Å². The van der Waals surface area contributed by atoms with Crippen molar-refractivity contribution < 1.29 is 66.6 Å². The molecule has 2 N–H and O–H groups in total. The van der Waals surface area contributed by atoms with Crippen LogP contribution in [0.4, 0.5) is 9.18 Å². The van der Waals surface area contributed by atoms with Crippen LogP contribution in [0.25, 0.3) is 0 Å². The minimum absolute atomic E-state index is 0.0437. The first kappa shape index (κ1) is 38.2. The molecule has 1 heterocycles. The number of ketones is 1. The van der Waals surface area contributed by atoms with Crippen LogP contribution in [-0.2, 0) is 14.2 Å². The number of hydrogen-bond acceptors (Lipinski definition) is 12. The smallest absolute Gasteiger partial charge is 0.407 e. The van der Waals surface area contributed by atoms with E-state index in [1.54, 1.807) is 0 Å². The van der Waals surface area contributed by atoms with Gasteiger partial charge in [0.2, 0.25) is 5.75 Å². The molecule has 4 rings (SSSR count). The third-order valence-electron chi connectivity index (χ3n) is 7.90. The van der Waals surface area contributed by atoms with Crippen LogP contribution in [0.3, 0.4) is 0 Å². The Hall–Kier alpha value is -5.61. The summed E-state index contributed by atoms with van der Waals surface area (Å²) < 4.78 is 57.6. The van der Waals surface area contributed by atoms with Crippen molar-refractivity contribution >= 4 is 23.8 Å². The molecule has 0 unspecified atom stereocenters. The van der Waals surface area contributed by atoms with Gasteiger partial charge in [-0.05, 0) is 49.2 Å². The van der Waals surface area contributed by atoms with Gasteiger partial charge in [0, 0.05) is 38.4 Å². The zero-order chi connectivity index (χ0) is 37.1. The Morgan fingerprint density at radius 1 is 0.804 bits per heavy atom. The van der Waals surface area contributed by atoms with Crippen molar-refractivity contribution in [2.24, 2.45) is 0 Å². The molecule has 2 atom stereocenters. The Morgan fingerprint density at radius 2 is 1.39 bits per heavy atom. The Labute approximate surface area is 293 Å². The van der Waals surface area contributed by atoms with Gasteiger partial charge >= 0.3 is 12.1 Å². The second kappa shape index (κ2) is 17.9. The number of ether oxygens (including phenoxy) is 8. The summed E-state index contributed by atoms with van der Waals surface area (Å²) in [5.74, 6) is -2.73. The third-order valence-corrected chi connectivity index (χ3v) is 7.90. The number of carbonyl (C=O) groups is 4. The Morgan fingerprint density at radius 3 is 1.98 bits per heavy atom. The first-order valence-corrected chi connectivity index (χ1v) is 15.6. The number of amides is 2. The Kier molecular flexibility index (Phi) is 13.4. The van der Waals surface area contributed by atoms with Crippen molar-refractivity contribution in [1.82, 2.24) is 10.2 Å². The molecule has 3 aromatic rings. The zero-order valence-electron chi connectivity index (χ0n) is 28.7. The molecule has 0 radical (unpaired) electrons. The first-order chi connectivity index (χ1) is 24.6. The van der Waals surface area contributed by atoms with E-state index < -0.39 is 41.7 Å². The van der Waals surface area contributed by atoms with Gasteiger partial charge in [-0.3, -0.25) is 9.59 Å². The molecule has 274 valence electrons. The summed E-state index contributed by atoms with van der Waals surface area (Å²) in [5.41, 5.74) is -0.177. The molecule has 2 amide bonds. The van der Waals surface area contributed by atoms with E-state index in [0.717, 1.165) is 4.90 Å². The lowest BCUT2D eigenvalue weighted by atomic mass is 10.00. The van der Waals surface area contributed by atoms with Crippen molar-refractivity contribution in [3.63, 3.8) is 0 Å². The first-order valence-electron chi connectivity index (χ1n) is 15.6. The molecular weight excluding hydrogens is 675 g/mol. The minimum Gasteiger partial charge on any atom is -0.494 e. The van der Waals surface area contributed by atoms with E-state index >= 15 is 4.39 Å². The number of likely N-dealkylation sites (tertiary alicyclic amines) is 1. The van der Waals surface area contributed by atoms with Gasteiger partial charge in [-0.2, -0.15) is 0 Å². The lowest BCUT2D eigenvalue weighted by molar-refractivity contribution is 0.0178. The van der Waals surface area contributed by atoms with E-state index in [1.165, 1.54) is 84.1 Å². The zero-order valence-corrected chi connectivity index (χ0v) is 28.7. The average molecular weight is 715 g/mol. The predicted octanol–water partition coefficient (Wildman–Crippen LogP) is 4.15. The normalized spacial score (nSPS) is 15.6. The third kappa shape index (κ3) is 9.15. The summed E-state index contributed by atoms with van der Waals surface area (Å²) >= 11 is 0. The number of nitrogens with zero attached hydrogens (tertiary/aromatic N) is 1. The molecule has 51 heavy (non-hydrogen) atoms. The van der Waals surface area contributed by atoms with E-state index in [2.05, 4.69) is 5.32 Å². The molecule has 16 heteroatoms. The lowest BCUT2D eigenvalue weighted by Crippen LogP contribution is -2.51. The van der Waals surface area contributed by atoms with Crippen LogP contribution >= 0.6 is 0 Å². The molecule has 0 saturated carbocycles. The van der Waals surface area contributed by atoms with Crippen LogP contribution in [0.5, 0.6) is 28.7 Å². The van der Waals surface area contributed by atoms with Crippen molar-refractivity contribution in [2.45, 2.75) is 25.0 Å². The van der Waals surface area contributed by atoms with Gasteiger partial charge in [-0.25, -0.2) is 14.0 Å². The number of nitrogens with one attached hydrogen (secondary N) is 1. The van der Waals surface area contributed by atoms with Crippen molar-refractivity contribution in [1.29, 1.82) is 0 Å².